The predicted molar refractivity (Wildman–Crippen MR) is 99.8 cm³/mol. The average Bonchev–Trinajstić information content (AvgIpc) is 2.72. The number of carbonyl (C=O) groups is 1. The van der Waals surface area contributed by atoms with Gasteiger partial charge in [-0.25, -0.2) is 0 Å². The van der Waals surface area contributed by atoms with E-state index in [0.717, 1.165) is 31.5 Å². The first-order valence-corrected chi connectivity index (χ1v) is 8.79. The zero-order valence-electron chi connectivity index (χ0n) is 14.9. The highest BCUT2D eigenvalue weighted by Crippen LogP contribution is 2.17. The van der Waals surface area contributed by atoms with Crippen LogP contribution < -0.4 is 15.0 Å². The van der Waals surface area contributed by atoms with Gasteiger partial charge >= 0.3 is 6.01 Å². The van der Waals surface area contributed by atoms with Crippen molar-refractivity contribution in [3.05, 3.63) is 47.8 Å². The van der Waals surface area contributed by atoms with Gasteiger partial charge in [0.25, 0.3) is 0 Å². The summed E-state index contributed by atoms with van der Waals surface area (Å²) in [5.74, 6) is 0.896. The molecule has 0 radical (unpaired) electrons. The molecule has 0 bridgehead atoms. The first-order valence-electron chi connectivity index (χ1n) is 8.79. The molecule has 0 atom stereocenters. The van der Waals surface area contributed by atoms with E-state index >= 15 is 0 Å². The lowest BCUT2D eigenvalue weighted by Crippen LogP contribution is -2.32. The lowest BCUT2D eigenvalue weighted by Gasteiger charge is -2.26. The smallest absolute Gasteiger partial charge is 0.321 e. The first kappa shape index (κ1) is 17.8. The molecule has 0 aliphatic carbocycles. The van der Waals surface area contributed by atoms with Gasteiger partial charge in [0.05, 0.1) is 13.7 Å². The van der Waals surface area contributed by atoms with E-state index in [4.69, 9.17) is 4.74 Å². The maximum absolute atomic E-state index is 12.0. The average molecular weight is 353 g/mol. The minimum absolute atomic E-state index is 0.201. The molecule has 136 valence electrons. The summed E-state index contributed by atoms with van der Waals surface area (Å²) in [6.45, 7) is 2.08. The van der Waals surface area contributed by atoms with Gasteiger partial charge in [-0.3, -0.25) is 4.79 Å². The molecule has 26 heavy (non-hydrogen) atoms. The summed E-state index contributed by atoms with van der Waals surface area (Å²) in [5, 5.41) is 2.80. The van der Waals surface area contributed by atoms with E-state index in [-0.39, 0.29) is 18.5 Å². The lowest BCUT2D eigenvalue weighted by atomic mass is 10.1. The highest BCUT2D eigenvalue weighted by molar-refractivity contribution is 5.91. The van der Waals surface area contributed by atoms with E-state index in [1.807, 2.05) is 30.3 Å². The van der Waals surface area contributed by atoms with Crippen LogP contribution in [0.15, 0.2) is 36.4 Å². The standard InChI is InChI=1S/C19H23N5O2/c1-26-19-22-16(21-18(23-19)24-12-6-3-7-13-24)14-20-17(25)11-10-15-8-4-2-5-9-15/h2,4-5,8-11H,3,6-7,12-14H2,1H3,(H,20,25)/b11-10+. The number of ether oxygens (including phenoxy) is 1. The maximum Gasteiger partial charge on any atom is 0.321 e. The molecule has 1 saturated heterocycles. The third-order valence-electron chi connectivity index (χ3n) is 4.12. The second kappa shape index (κ2) is 8.94. The number of nitrogens with one attached hydrogen (secondary N) is 1. The molecule has 0 saturated carbocycles. The molecule has 1 fully saturated rings. The molecule has 2 heterocycles. The molecule has 1 N–H and O–H groups in total. The number of carbonyl (C=O) groups excluding carboxylic acids is 1. The normalized spacial score (nSPS) is 14.4. The maximum atomic E-state index is 12.0. The van der Waals surface area contributed by atoms with Gasteiger partial charge in [0.15, 0.2) is 5.82 Å². The summed E-state index contributed by atoms with van der Waals surface area (Å²) >= 11 is 0. The third-order valence-corrected chi connectivity index (χ3v) is 4.12. The minimum atomic E-state index is -0.201. The Morgan fingerprint density at radius 1 is 1.15 bits per heavy atom. The number of nitrogens with zero attached hydrogens (tertiary/aromatic N) is 4. The molecular formula is C19H23N5O2. The molecule has 0 unspecified atom stereocenters. The van der Waals surface area contributed by atoms with Gasteiger partial charge in [0.2, 0.25) is 11.9 Å². The Kier molecular flexibility index (Phi) is 6.14. The second-order valence-electron chi connectivity index (χ2n) is 6.05. The van der Waals surface area contributed by atoms with Crippen molar-refractivity contribution in [2.75, 3.05) is 25.1 Å². The monoisotopic (exact) mass is 353 g/mol. The Bertz CT molecular complexity index is 758. The molecule has 1 aliphatic heterocycles. The number of rotatable bonds is 6. The highest BCUT2D eigenvalue weighted by Gasteiger charge is 2.16. The van der Waals surface area contributed by atoms with E-state index in [0.29, 0.717) is 11.8 Å². The van der Waals surface area contributed by atoms with Gasteiger partial charge in [-0.05, 0) is 30.9 Å². The number of amides is 1. The van der Waals surface area contributed by atoms with Crippen molar-refractivity contribution in [3.63, 3.8) is 0 Å². The Balaban J connectivity index is 1.63. The van der Waals surface area contributed by atoms with Crippen molar-refractivity contribution in [3.8, 4) is 6.01 Å². The Morgan fingerprint density at radius 3 is 2.65 bits per heavy atom. The fraction of sp³-hybridized carbons (Fsp3) is 0.368. The quantitative estimate of drug-likeness (QED) is 0.802. The molecule has 7 heteroatoms. The molecule has 3 rings (SSSR count). The van der Waals surface area contributed by atoms with Gasteiger partial charge in [-0.2, -0.15) is 15.0 Å². The van der Waals surface area contributed by atoms with E-state index in [1.54, 1.807) is 6.08 Å². The summed E-state index contributed by atoms with van der Waals surface area (Å²) in [6.07, 6.45) is 6.76. The van der Waals surface area contributed by atoms with Crippen molar-refractivity contribution < 1.29 is 9.53 Å². The summed E-state index contributed by atoms with van der Waals surface area (Å²) < 4.78 is 5.18. The molecule has 1 aliphatic rings. The first-order chi connectivity index (χ1) is 12.7. The fourth-order valence-electron chi connectivity index (χ4n) is 2.75. The molecule has 1 aromatic heterocycles. The highest BCUT2D eigenvalue weighted by atomic mass is 16.5. The Morgan fingerprint density at radius 2 is 1.92 bits per heavy atom. The van der Waals surface area contributed by atoms with Crippen molar-refractivity contribution in [2.24, 2.45) is 0 Å². The van der Waals surface area contributed by atoms with Crippen LogP contribution in [-0.4, -0.2) is 41.1 Å². The van der Waals surface area contributed by atoms with Crippen molar-refractivity contribution >= 4 is 17.9 Å². The molecule has 0 spiro atoms. The van der Waals surface area contributed by atoms with Crippen LogP contribution in [0.1, 0.15) is 30.7 Å². The van der Waals surface area contributed by atoms with Crippen LogP contribution in [0.5, 0.6) is 6.01 Å². The number of anilines is 1. The van der Waals surface area contributed by atoms with Crippen LogP contribution in [-0.2, 0) is 11.3 Å². The number of methoxy groups -OCH3 is 1. The van der Waals surface area contributed by atoms with E-state index < -0.39 is 0 Å². The van der Waals surface area contributed by atoms with Crippen LogP contribution in [0.2, 0.25) is 0 Å². The summed E-state index contributed by atoms with van der Waals surface area (Å²) in [4.78, 5) is 27.2. The Hall–Kier alpha value is -2.96. The van der Waals surface area contributed by atoms with Crippen molar-refractivity contribution in [1.29, 1.82) is 0 Å². The lowest BCUT2D eigenvalue weighted by molar-refractivity contribution is -0.116. The molecule has 1 aromatic carbocycles. The van der Waals surface area contributed by atoms with Crippen molar-refractivity contribution in [2.45, 2.75) is 25.8 Å². The minimum Gasteiger partial charge on any atom is -0.467 e. The van der Waals surface area contributed by atoms with Gasteiger partial charge in [0.1, 0.15) is 0 Å². The number of aromatic nitrogens is 3. The molecule has 7 nitrogen and oxygen atoms in total. The molecular weight excluding hydrogens is 330 g/mol. The summed E-state index contributed by atoms with van der Waals surface area (Å²) in [7, 11) is 1.53. The zero-order valence-corrected chi connectivity index (χ0v) is 14.9. The fourth-order valence-corrected chi connectivity index (χ4v) is 2.75. The van der Waals surface area contributed by atoms with Crippen LogP contribution in [0, 0.1) is 0 Å². The van der Waals surface area contributed by atoms with Gasteiger partial charge < -0.3 is 15.0 Å². The van der Waals surface area contributed by atoms with Crippen LogP contribution in [0.4, 0.5) is 5.95 Å². The molecule has 1 amide bonds. The number of hydrogen-bond donors (Lipinski definition) is 1. The van der Waals surface area contributed by atoms with Crippen LogP contribution in [0.25, 0.3) is 6.08 Å². The summed E-state index contributed by atoms with van der Waals surface area (Å²) in [6, 6.07) is 9.93. The SMILES string of the molecule is COc1nc(CNC(=O)/C=C/c2ccccc2)nc(N2CCCCC2)n1. The van der Waals surface area contributed by atoms with E-state index in [2.05, 4.69) is 25.2 Å². The van der Waals surface area contributed by atoms with E-state index in [9.17, 15) is 4.79 Å². The predicted octanol–water partition coefficient (Wildman–Crippen LogP) is 2.20. The largest absolute Gasteiger partial charge is 0.467 e. The van der Waals surface area contributed by atoms with Gasteiger partial charge in [-0.15, -0.1) is 0 Å². The third kappa shape index (κ3) is 5.02. The second-order valence-corrected chi connectivity index (χ2v) is 6.05. The Labute approximate surface area is 153 Å². The number of hydrogen-bond acceptors (Lipinski definition) is 6. The van der Waals surface area contributed by atoms with Crippen LogP contribution in [0.3, 0.4) is 0 Å². The van der Waals surface area contributed by atoms with E-state index in [1.165, 1.54) is 19.6 Å². The number of piperidine rings is 1. The summed E-state index contributed by atoms with van der Waals surface area (Å²) in [5.41, 5.74) is 0.969. The van der Waals surface area contributed by atoms with Crippen molar-refractivity contribution in [1.82, 2.24) is 20.3 Å². The van der Waals surface area contributed by atoms with Gasteiger partial charge in [-0.1, -0.05) is 30.3 Å². The van der Waals surface area contributed by atoms with Gasteiger partial charge in [0, 0.05) is 19.2 Å². The zero-order chi connectivity index (χ0) is 18.2. The number of benzene rings is 1. The van der Waals surface area contributed by atoms with Crippen LogP contribution >= 0.6 is 0 Å². The molecule has 2 aromatic rings. The topological polar surface area (TPSA) is 80.2 Å².